The van der Waals surface area contributed by atoms with Crippen LogP contribution in [0.3, 0.4) is 0 Å². The molecule has 5 aliphatic rings. The zero-order valence-corrected chi connectivity index (χ0v) is 34.0. The number of halogens is 1. The first-order valence-electron chi connectivity index (χ1n) is 20.9. The number of methoxy groups -OCH3 is 1. The SMILES string of the molecule is COc1cccc([C@@H]2C(c3ccc(N4CCC(CN5CCN(c6ccc7c(c6)CN([C@H]6CCC(=O)NC6=O)C7=O)CC5)CC4)c(F)c3)c3ccc(O)cc3OC2(C)C)c1. The Hall–Kier alpha value is -5.62. The van der Waals surface area contributed by atoms with Crippen molar-refractivity contribution in [1.82, 2.24) is 15.1 Å². The summed E-state index contributed by atoms with van der Waals surface area (Å²) >= 11 is 0. The molecule has 4 aromatic rings. The van der Waals surface area contributed by atoms with E-state index in [9.17, 15) is 19.5 Å². The molecule has 3 amide bonds. The molecule has 0 radical (unpaired) electrons. The fourth-order valence-electron chi connectivity index (χ4n) is 10.2. The molecule has 3 fully saturated rings. The molecule has 11 nitrogen and oxygen atoms in total. The van der Waals surface area contributed by atoms with Crippen molar-refractivity contribution in [2.45, 2.75) is 69.6 Å². The van der Waals surface area contributed by atoms with Gasteiger partial charge < -0.3 is 29.3 Å². The lowest BCUT2D eigenvalue weighted by Gasteiger charge is -2.46. The number of piperidine rings is 2. The van der Waals surface area contributed by atoms with Gasteiger partial charge in [-0.2, -0.15) is 0 Å². The van der Waals surface area contributed by atoms with Gasteiger partial charge >= 0.3 is 0 Å². The minimum Gasteiger partial charge on any atom is -0.508 e. The van der Waals surface area contributed by atoms with Gasteiger partial charge in [-0.25, -0.2) is 4.39 Å². The molecule has 3 atom stereocenters. The number of piperazine rings is 1. The number of hydrogen-bond acceptors (Lipinski definition) is 9. The van der Waals surface area contributed by atoms with Crippen LogP contribution in [-0.2, 0) is 16.1 Å². The van der Waals surface area contributed by atoms with E-state index >= 15 is 4.39 Å². The van der Waals surface area contributed by atoms with Gasteiger partial charge in [0.15, 0.2) is 0 Å². The van der Waals surface area contributed by atoms with Crippen LogP contribution in [0.1, 0.15) is 84.0 Å². The minimum atomic E-state index is -0.672. The van der Waals surface area contributed by atoms with Gasteiger partial charge in [-0.3, -0.25) is 24.6 Å². The zero-order valence-electron chi connectivity index (χ0n) is 34.0. The summed E-state index contributed by atoms with van der Waals surface area (Å²) in [6.45, 7) is 10.7. The van der Waals surface area contributed by atoms with Crippen LogP contribution in [0.5, 0.6) is 17.2 Å². The Labute approximate surface area is 344 Å². The summed E-state index contributed by atoms with van der Waals surface area (Å²) in [7, 11) is 1.65. The third-order valence-corrected chi connectivity index (χ3v) is 13.3. The number of carbonyl (C=O) groups is 3. The highest BCUT2D eigenvalue weighted by Gasteiger charge is 2.46. The summed E-state index contributed by atoms with van der Waals surface area (Å²) in [5.74, 6) is 0.572. The van der Waals surface area contributed by atoms with E-state index < -0.39 is 17.6 Å². The number of phenolic OH excluding ortho intramolecular Hbond substituents is 1. The van der Waals surface area contributed by atoms with Crippen molar-refractivity contribution in [3.8, 4) is 17.2 Å². The van der Waals surface area contributed by atoms with E-state index in [2.05, 4.69) is 38.2 Å². The number of imide groups is 1. The molecule has 59 heavy (non-hydrogen) atoms. The Morgan fingerprint density at radius 3 is 2.41 bits per heavy atom. The average Bonchev–Trinajstić information content (AvgIpc) is 3.55. The smallest absolute Gasteiger partial charge is 0.255 e. The summed E-state index contributed by atoms with van der Waals surface area (Å²) in [6.07, 6.45) is 2.58. The second-order valence-corrected chi connectivity index (χ2v) is 17.3. The lowest BCUT2D eigenvalue weighted by Crippen LogP contribution is -2.52. The number of amides is 3. The number of benzene rings is 4. The summed E-state index contributed by atoms with van der Waals surface area (Å²) < 4.78 is 28.5. The first-order valence-corrected chi connectivity index (χ1v) is 20.9. The number of ether oxygens (including phenoxy) is 2. The third-order valence-electron chi connectivity index (χ3n) is 13.3. The Bertz CT molecular complexity index is 2280. The third kappa shape index (κ3) is 7.47. The standard InChI is InChI=1S/C47H52FN5O6/c1-47(2)44(31-5-4-6-35(24-31)58-3)43(37-11-9-34(54)26-41(37)59-47)30-7-12-39(38(48)25-30)52-17-15-29(16-18-52)27-50-19-21-51(22-20-50)33-8-10-36-32(23-33)28-53(46(36)57)40-13-14-42(55)49-45(40)56/h4-12,23-26,29,40,43-44,54H,13-22,27-28H2,1-3H3,(H,49,55,56)/t40-,43?,44+/m0/s1. The van der Waals surface area contributed by atoms with Gasteiger partial charge in [-0.15, -0.1) is 0 Å². The van der Waals surface area contributed by atoms with Crippen molar-refractivity contribution in [2.24, 2.45) is 5.92 Å². The summed E-state index contributed by atoms with van der Waals surface area (Å²) in [5, 5.41) is 12.7. The fourth-order valence-corrected chi connectivity index (χ4v) is 10.2. The molecule has 4 aromatic carbocycles. The van der Waals surface area contributed by atoms with Crippen LogP contribution in [0.25, 0.3) is 0 Å². The maximum Gasteiger partial charge on any atom is 0.255 e. The van der Waals surface area contributed by atoms with E-state index in [-0.39, 0.29) is 41.6 Å². The van der Waals surface area contributed by atoms with Crippen molar-refractivity contribution in [1.29, 1.82) is 0 Å². The van der Waals surface area contributed by atoms with Crippen LogP contribution in [-0.4, -0.2) is 97.2 Å². The predicted octanol–water partition coefficient (Wildman–Crippen LogP) is 6.43. The second kappa shape index (κ2) is 15.5. The molecule has 5 aliphatic heterocycles. The lowest BCUT2D eigenvalue weighted by atomic mass is 9.68. The number of fused-ring (bicyclic) bond motifs is 2. The minimum absolute atomic E-state index is 0.128. The van der Waals surface area contributed by atoms with E-state index in [4.69, 9.17) is 9.47 Å². The van der Waals surface area contributed by atoms with Gasteiger partial charge in [-0.05, 0) is 104 Å². The van der Waals surface area contributed by atoms with Gasteiger partial charge in [0.2, 0.25) is 11.8 Å². The van der Waals surface area contributed by atoms with Gasteiger partial charge in [0, 0.05) is 93.5 Å². The first kappa shape index (κ1) is 38.9. The number of phenols is 1. The molecule has 2 N–H and O–H groups in total. The number of rotatable bonds is 8. The summed E-state index contributed by atoms with van der Waals surface area (Å²) in [4.78, 5) is 46.0. The predicted molar refractivity (Wildman–Crippen MR) is 223 cm³/mol. The van der Waals surface area contributed by atoms with Crippen molar-refractivity contribution >= 4 is 29.1 Å². The van der Waals surface area contributed by atoms with Crippen LogP contribution < -0.4 is 24.6 Å². The van der Waals surface area contributed by atoms with Crippen LogP contribution >= 0.6 is 0 Å². The number of carbonyl (C=O) groups excluding carboxylic acids is 3. The van der Waals surface area contributed by atoms with Crippen LogP contribution in [0.4, 0.5) is 15.8 Å². The average molecular weight is 802 g/mol. The molecule has 12 heteroatoms. The van der Waals surface area contributed by atoms with Gasteiger partial charge in [-0.1, -0.05) is 24.3 Å². The summed E-state index contributed by atoms with van der Waals surface area (Å²) in [6, 6.07) is 24.3. The monoisotopic (exact) mass is 801 g/mol. The maximum atomic E-state index is 16.4. The molecule has 308 valence electrons. The van der Waals surface area contributed by atoms with Gasteiger partial charge in [0.1, 0.15) is 34.7 Å². The van der Waals surface area contributed by atoms with E-state index in [1.165, 1.54) is 0 Å². The number of anilines is 2. The Balaban J connectivity index is 0.821. The lowest BCUT2D eigenvalue weighted by molar-refractivity contribution is -0.136. The topological polar surface area (TPSA) is 115 Å². The highest BCUT2D eigenvalue weighted by atomic mass is 19.1. The quantitative estimate of drug-likeness (QED) is 0.195. The maximum absolute atomic E-state index is 16.4. The Morgan fingerprint density at radius 2 is 1.66 bits per heavy atom. The molecule has 0 saturated carbocycles. The first-order chi connectivity index (χ1) is 28.4. The number of aromatic hydroxyl groups is 1. The largest absolute Gasteiger partial charge is 0.508 e. The van der Waals surface area contributed by atoms with Crippen LogP contribution in [0, 0.1) is 11.7 Å². The van der Waals surface area contributed by atoms with E-state index in [0.717, 1.165) is 92.3 Å². The molecule has 0 aromatic heterocycles. The molecular weight excluding hydrogens is 750 g/mol. The number of nitrogens with one attached hydrogen (secondary N) is 1. The molecule has 5 heterocycles. The van der Waals surface area contributed by atoms with Gasteiger partial charge in [0.25, 0.3) is 5.91 Å². The number of nitrogens with zero attached hydrogens (tertiary/aromatic N) is 4. The number of hydrogen-bond donors (Lipinski definition) is 2. The molecule has 1 unspecified atom stereocenters. The van der Waals surface area contributed by atoms with Crippen LogP contribution in [0.2, 0.25) is 0 Å². The van der Waals surface area contributed by atoms with Crippen molar-refractivity contribution in [3.05, 3.63) is 112 Å². The Morgan fingerprint density at radius 1 is 0.864 bits per heavy atom. The highest BCUT2D eigenvalue weighted by molar-refractivity contribution is 6.05. The fraction of sp³-hybridized carbons (Fsp3) is 0.426. The molecule has 0 aliphatic carbocycles. The molecule has 3 saturated heterocycles. The molecule has 0 bridgehead atoms. The molecule has 0 spiro atoms. The Kier molecular flexibility index (Phi) is 10.2. The van der Waals surface area contributed by atoms with Crippen molar-refractivity contribution in [3.63, 3.8) is 0 Å². The van der Waals surface area contributed by atoms with Gasteiger partial charge in [0.05, 0.1) is 12.8 Å². The summed E-state index contributed by atoms with van der Waals surface area (Å²) in [5.41, 5.74) is 5.41. The molecule has 9 rings (SSSR count). The van der Waals surface area contributed by atoms with E-state index in [1.54, 1.807) is 30.2 Å². The highest BCUT2D eigenvalue weighted by Crippen LogP contribution is 2.54. The van der Waals surface area contributed by atoms with Crippen LogP contribution in [0.15, 0.2) is 78.9 Å². The second-order valence-electron chi connectivity index (χ2n) is 17.3. The van der Waals surface area contributed by atoms with E-state index in [0.29, 0.717) is 35.9 Å². The zero-order chi connectivity index (χ0) is 41.0. The normalized spacial score (nSPS) is 23.4. The van der Waals surface area contributed by atoms with Crippen molar-refractivity contribution in [2.75, 3.05) is 62.7 Å². The molecular formula is C47H52FN5O6. The van der Waals surface area contributed by atoms with Crippen molar-refractivity contribution < 1.29 is 33.4 Å². The van der Waals surface area contributed by atoms with E-state index in [1.807, 2.05) is 56.3 Å².